The Labute approximate surface area is 136 Å². The van der Waals surface area contributed by atoms with Gasteiger partial charge in [-0.3, -0.25) is 0 Å². The maximum Gasteiger partial charge on any atom is 0.129 e. The summed E-state index contributed by atoms with van der Waals surface area (Å²) in [4.78, 5) is 0. The molecule has 0 fully saturated rings. The SMILES string of the molecule is Cc1cc(N)ccc1OC=C(c1ccccc1)c1ccccc1. The van der Waals surface area contributed by atoms with Gasteiger partial charge >= 0.3 is 0 Å². The maximum absolute atomic E-state index is 5.95. The number of ether oxygens (including phenoxy) is 1. The molecule has 2 nitrogen and oxygen atoms in total. The van der Waals surface area contributed by atoms with Crippen LogP contribution in [0, 0.1) is 6.92 Å². The number of anilines is 1. The quantitative estimate of drug-likeness (QED) is 0.541. The third-order valence-electron chi connectivity index (χ3n) is 3.67. The minimum absolute atomic E-state index is 0.741. The highest BCUT2D eigenvalue weighted by atomic mass is 16.5. The van der Waals surface area contributed by atoms with Crippen LogP contribution in [-0.4, -0.2) is 0 Å². The van der Waals surface area contributed by atoms with E-state index in [1.807, 2.05) is 67.8 Å². The number of aryl methyl sites for hydroxylation is 1. The van der Waals surface area contributed by atoms with E-state index in [4.69, 9.17) is 10.5 Å². The smallest absolute Gasteiger partial charge is 0.129 e. The van der Waals surface area contributed by atoms with Gasteiger partial charge in [0.25, 0.3) is 0 Å². The molecule has 2 heteroatoms. The van der Waals surface area contributed by atoms with Crippen LogP contribution in [0.15, 0.2) is 85.1 Å². The Morgan fingerprint density at radius 1 is 0.826 bits per heavy atom. The molecule has 0 amide bonds. The van der Waals surface area contributed by atoms with Crippen molar-refractivity contribution in [1.82, 2.24) is 0 Å². The fraction of sp³-hybridized carbons (Fsp3) is 0.0476. The molecule has 0 heterocycles. The van der Waals surface area contributed by atoms with Gasteiger partial charge in [-0.25, -0.2) is 0 Å². The van der Waals surface area contributed by atoms with Crippen molar-refractivity contribution in [3.8, 4) is 5.75 Å². The van der Waals surface area contributed by atoms with Crippen LogP contribution < -0.4 is 10.5 Å². The molecule has 23 heavy (non-hydrogen) atoms. The molecule has 3 rings (SSSR count). The molecule has 0 unspecified atom stereocenters. The second-order valence-corrected chi connectivity index (χ2v) is 5.41. The summed E-state index contributed by atoms with van der Waals surface area (Å²) in [6, 6.07) is 26.1. The monoisotopic (exact) mass is 301 g/mol. The maximum atomic E-state index is 5.95. The molecule has 0 aromatic heterocycles. The third-order valence-corrected chi connectivity index (χ3v) is 3.67. The molecule has 0 bridgehead atoms. The number of benzene rings is 3. The van der Waals surface area contributed by atoms with Crippen LogP contribution in [0.3, 0.4) is 0 Å². The molecule has 0 saturated heterocycles. The van der Waals surface area contributed by atoms with Gasteiger partial charge in [0.1, 0.15) is 5.75 Å². The summed E-state index contributed by atoms with van der Waals surface area (Å²) in [6.07, 6.45) is 1.81. The lowest BCUT2D eigenvalue weighted by Crippen LogP contribution is -1.94. The number of rotatable bonds is 4. The molecule has 0 aliphatic heterocycles. The number of hydrogen-bond donors (Lipinski definition) is 1. The largest absolute Gasteiger partial charge is 0.464 e. The fourth-order valence-electron chi connectivity index (χ4n) is 2.47. The first kappa shape index (κ1) is 14.9. The normalized spacial score (nSPS) is 10.1. The summed E-state index contributed by atoms with van der Waals surface area (Å²) in [5.41, 5.74) is 10.8. The van der Waals surface area contributed by atoms with Crippen molar-refractivity contribution in [3.05, 3.63) is 102 Å². The summed E-state index contributed by atoms with van der Waals surface area (Å²) in [5.74, 6) is 0.809. The first-order valence-corrected chi connectivity index (χ1v) is 7.58. The number of hydrogen-bond acceptors (Lipinski definition) is 2. The van der Waals surface area contributed by atoms with Crippen molar-refractivity contribution in [1.29, 1.82) is 0 Å². The molecule has 0 radical (unpaired) electrons. The standard InChI is InChI=1S/C21H19NO/c1-16-14-19(22)12-13-21(16)23-15-20(17-8-4-2-5-9-17)18-10-6-3-7-11-18/h2-15H,22H2,1H3. The summed E-state index contributed by atoms with van der Waals surface area (Å²) in [5, 5.41) is 0. The van der Waals surface area contributed by atoms with Crippen molar-refractivity contribution in [2.45, 2.75) is 6.92 Å². The molecule has 3 aromatic rings. The molecule has 0 saturated carbocycles. The molecular formula is C21H19NO. The minimum atomic E-state index is 0.741. The first-order chi connectivity index (χ1) is 11.2. The van der Waals surface area contributed by atoms with Gasteiger partial charge in [0.2, 0.25) is 0 Å². The van der Waals surface area contributed by atoms with Gasteiger partial charge in [-0.1, -0.05) is 60.7 Å². The number of nitrogen functional groups attached to an aromatic ring is 1. The van der Waals surface area contributed by atoms with Crippen molar-refractivity contribution in [2.75, 3.05) is 5.73 Å². The van der Waals surface area contributed by atoms with Crippen LogP contribution in [0.5, 0.6) is 5.75 Å². The van der Waals surface area contributed by atoms with Crippen LogP contribution in [0.4, 0.5) is 5.69 Å². The summed E-state index contributed by atoms with van der Waals surface area (Å²) >= 11 is 0. The van der Waals surface area contributed by atoms with E-state index in [1.165, 1.54) is 0 Å². The van der Waals surface area contributed by atoms with E-state index < -0.39 is 0 Å². The first-order valence-electron chi connectivity index (χ1n) is 7.58. The lowest BCUT2D eigenvalue weighted by molar-refractivity contribution is 0.480. The van der Waals surface area contributed by atoms with Crippen LogP contribution in [0.1, 0.15) is 16.7 Å². The van der Waals surface area contributed by atoms with Crippen LogP contribution in [-0.2, 0) is 0 Å². The van der Waals surface area contributed by atoms with E-state index in [-0.39, 0.29) is 0 Å². The van der Waals surface area contributed by atoms with Gasteiger partial charge in [0.15, 0.2) is 0 Å². The lowest BCUT2D eigenvalue weighted by atomic mass is 9.99. The van der Waals surface area contributed by atoms with Crippen LogP contribution in [0.25, 0.3) is 5.57 Å². The Hall–Kier alpha value is -3.00. The lowest BCUT2D eigenvalue weighted by Gasteiger charge is -2.11. The molecule has 0 aliphatic rings. The van der Waals surface area contributed by atoms with Crippen molar-refractivity contribution in [3.63, 3.8) is 0 Å². The van der Waals surface area contributed by atoms with Gasteiger partial charge in [-0.15, -0.1) is 0 Å². The second kappa shape index (κ2) is 6.84. The van der Waals surface area contributed by atoms with Crippen molar-refractivity contribution in [2.24, 2.45) is 0 Å². The summed E-state index contributed by atoms with van der Waals surface area (Å²) in [7, 11) is 0. The predicted molar refractivity (Wildman–Crippen MR) is 96.2 cm³/mol. The van der Waals surface area contributed by atoms with E-state index >= 15 is 0 Å². The van der Waals surface area contributed by atoms with E-state index in [1.54, 1.807) is 0 Å². The Balaban J connectivity index is 1.98. The Morgan fingerprint density at radius 2 is 1.39 bits per heavy atom. The zero-order chi connectivity index (χ0) is 16.1. The van der Waals surface area contributed by atoms with Gasteiger partial charge in [0, 0.05) is 11.3 Å². The molecule has 0 aliphatic carbocycles. The van der Waals surface area contributed by atoms with Crippen molar-refractivity contribution >= 4 is 11.3 Å². The molecule has 0 atom stereocenters. The molecule has 2 N–H and O–H groups in total. The highest BCUT2D eigenvalue weighted by molar-refractivity contribution is 5.79. The highest BCUT2D eigenvalue weighted by Crippen LogP contribution is 2.26. The molecule has 114 valence electrons. The van der Waals surface area contributed by atoms with E-state index in [0.717, 1.165) is 33.7 Å². The van der Waals surface area contributed by atoms with Gasteiger partial charge < -0.3 is 10.5 Å². The Kier molecular flexibility index (Phi) is 4.44. The van der Waals surface area contributed by atoms with Crippen LogP contribution >= 0.6 is 0 Å². The zero-order valence-corrected chi connectivity index (χ0v) is 13.1. The van der Waals surface area contributed by atoms with Gasteiger partial charge in [-0.2, -0.15) is 0 Å². The molecule has 3 aromatic carbocycles. The predicted octanol–water partition coefficient (Wildman–Crippen LogP) is 5.05. The van der Waals surface area contributed by atoms with Crippen LogP contribution in [0.2, 0.25) is 0 Å². The number of nitrogens with two attached hydrogens (primary N) is 1. The van der Waals surface area contributed by atoms with Gasteiger partial charge in [-0.05, 0) is 41.8 Å². The third kappa shape index (κ3) is 3.61. The molecule has 0 spiro atoms. The molecular weight excluding hydrogens is 282 g/mol. The summed E-state index contributed by atoms with van der Waals surface area (Å²) < 4.78 is 5.95. The Bertz CT molecular complexity index is 766. The summed E-state index contributed by atoms with van der Waals surface area (Å²) in [6.45, 7) is 1.99. The minimum Gasteiger partial charge on any atom is -0.464 e. The van der Waals surface area contributed by atoms with E-state index in [0.29, 0.717) is 0 Å². The average Bonchev–Trinajstić information content (AvgIpc) is 2.59. The van der Waals surface area contributed by atoms with E-state index in [2.05, 4.69) is 24.3 Å². The fourth-order valence-corrected chi connectivity index (χ4v) is 2.47. The second-order valence-electron chi connectivity index (χ2n) is 5.41. The zero-order valence-electron chi connectivity index (χ0n) is 13.1. The Morgan fingerprint density at radius 3 is 1.91 bits per heavy atom. The average molecular weight is 301 g/mol. The topological polar surface area (TPSA) is 35.2 Å². The van der Waals surface area contributed by atoms with E-state index in [9.17, 15) is 0 Å². The van der Waals surface area contributed by atoms with Crippen molar-refractivity contribution < 1.29 is 4.74 Å². The van der Waals surface area contributed by atoms with Gasteiger partial charge in [0.05, 0.1) is 6.26 Å². The highest BCUT2D eigenvalue weighted by Gasteiger charge is 2.06.